The molecule has 1 aromatic rings. The van der Waals surface area contributed by atoms with Crippen LogP contribution in [0.25, 0.3) is 0 Å². The molecule has 1 aromatic carbocycles. The number of aliphatic imine (C=N–C) groups is 1. The van der Waals surface area contributed by atoms with Crippen LogP contribution >= 0.6 is 0 Å². The van der Waals surface area contributed by atoms with Crippen molar-refractivity contribution >= 4 is 17.7 Å². The number of ether oxygens (including phenoxy) is 1. The van der Waals surface area contributed by atoms with E-state index in [1.165, 1.54) is 0 Å². The summed E-state index contributed by atoms with van der Waals surface area (Å²) in [5.41, 5.74) is 1.75. The van der Waals surface area contributed by atoms with Crippen LogP contribution in [-0.2, 0) is 0 Å². The van der Waals surface area contributed by atoms with Crippen molar-refractivity contribution in [3.63, 3.8) is 0 Å². The fourth-order valence-electron chi connectivity index (χ4n) is 1.22. The smallest absolute Gasteiger partial charge is 0.147 e. The van der Waals surface area contributed by atoms with Crippen LogP contribution in [0, 0.1) is 0 Å². The molecule has 1 aliphatic heterocycles. The third-order valence-electron chi connectivity index (χ3n) is 1.82. The average molecular weight is 175 g/mol. The summed E-state index contributed by atoms with van der Waals surface area (Å²) in [5, 5.41) is 4.14. The third-order valence-corrected chi connectivity index (χ3v) is 1.82. The zero-order valence-corrected chi connectivity index (χ0v) is 7.53. The fraction of sp³-hybridized carbons (Fsp3) is 0.300. The van der Waals surface area contributed by atoms with Crippen molar-refractivity contribution in [1.82, 2.24) is 5.32 Å². The van der Waals surface area contributed by atoms with Gasteiger partial charge in [0.05, 0.1) is 12.3 Å². The van der Waals surface area contributed by atoms with Crippen LogP contribution in [0.5, 0.6) is 5.75 Å². The molecule has 0 unspecified atom stereocenters. The molecule has 67 valence electrons. The molecule has 0 aliphatic carbocycles. The summed E-state index contributed by atoms with van der Waals surface area (Å²) < 4.78 is 5.52. The lowest BCUT2D eigenvalue weighted by atomic mass is 10.2. The van der Waals surface area contributed by atoms with Gasteiger partial charge in [0.25, 0.3) is 0 Å². The third kappa shape index (κ3) is 1.49. The van der Waals surface area contributed by atoms with Gasteiger partial charge in [-0.15, -0.1) is 0 Å². The van der Waals surface area contributed by atoms with Gasteiger partial charge in [0.1, 0.15) is 17.8 Å². The maximum atomic E-state index is 5.52. The molecule has 0 fully saturated rings. The van der Waals surface area contributed by atoms with E-state index in [0.717, 1.165) is 30.2 Å². The fourth-order valence-corrected chi connectivity index (χ4v) is 1.22. The molecule has 0 saturated carbocycles. The van der Waals surface area contributed by atoms with Crippen LogP contribution in [0.1, 0.15) is 13.3 Å². The van der Waals surface area contributed by atoms with Crippen molar-refractivity contribution in [2.45, 2.75) is 13.3 Å². The number of rotatable bonds is 3. The van der Waals surface area contributed by atoms with E-state index < -0.39 is 0 Å². The van der Waals surface area contributed by atoms with E-state index >= 15 is 0 Å². The minimum atomic E-state index is 0.728. The highest BCUT2D eigenvalue weighted by Gasteiger charge is 2.12. The normalized spacial score (nSPS) is 12.4. The van der Waals surface area contributed by atoms with Gasteiger partial charge in [-0.05, 0) is 18.6 Å². The molecule has 2 rings (SSSR count). The minimum Gasteiger partial charge on any atom is -0.491 e. The van der Waals surface area contributed by atoms with Crippen molar-refractivity contribution in [1.29, 1.82) is 0 Å². The zero-order valence-electron chi connectivity index (χ0n) is 7.53. The molecule has 1 aliphatic rings. The number of fused-ring (bicyclic) bond motifs is 1. The molecule has 3 nitrogen and oxygen atoms in total. The van der Waals surface area contributed by atoms with E-state index in [1.807, 2.05) is 18.2 Å². The molecule has 0 N–H and O–H groups in total. The summed E-state index contributed by atoms with van der Waals surface area (Å²) in [6.07, 6.45) is 2.56. The number of benzene rings is 1. The van der Waals surface area contributed by atoms with Crippen LogP contribution in [0.2, 0.25) is 0 Å². The summed E-state index contributed by atoms with van der Waals surface area (Å²) in [6.45, 7) is 2.81. The lowest BCUT2D eigenvalue weighted by Crippen LogP contribution is -1.97. The molecule has 0 bridgehead atoms. The summed E-state index contributed by atoms with van der Waals surface area (Å²) in [7, 11) is 0. The Hall–Kier alpha value is -1.51. The van der Waals surface area contributed by atoms with Gasteiger partial charge in [-0.3, -0.25) is 0 Å². The molecular formula is C10H11N2O. The van der Waals surface area contributed by atoms with Crippen LogP contribution in [0.15, 0.2) is 23.2 Å². The Balaban J connectivity index is 2.23. The van der Waals surface area contributed by atoms with Crippen molar-refractivity contribution in [2.24, 2.45) is 4.99 Å². The summed E-state index contributed by atoms with van der Waals surface area (Å²) in [4.78, 5) is 4.10. The Morgan fingerprint density at radius 3 is 3.15 bits per heavy atom. The first kappa shape index (κ1) is 8.10. The molecular weight excluding hydrogens is 164 g/mol. The SMILES string of the molecule is CCCOc1cccc2c1[N]C=N2. The monoisotopic (exact) mass is 175 g/mol. The second-order valence-electron chi connectivity index (χ2n) is 2.85. The first-order chi connectivity index (χ1) is 6.42. The van der Waals surface area contributed by atoms with Crippen LogP contribution in [0.4, 0.5) is 11.4 Å². The maximum absolute atomic E-state index is 5.52. The van der Waals surface area contributed by atoms with Gasteiger partial charge in [-0.25, -0.2) is 10.3 Å². The van der Waals surface area contributed by atoms with E-state index in [1.54, 1.807) is 6.34 Å². The lowest BCUT2D eigenvalue weighted by Gasteiger charge is -2.07. The van der Waals surface area contributed by atoms with Gasteiger partial charge in [-0.2, -0.15) is 0 Å². The van der Waals surface area contributed by atoms with E-state index in [2.05, 4.69) is 17.2 Å². The van der Waals surface area contributed by atoms with Crippen LogP contribution in [0.3, 0.4) is 0 Å². The molecule has 3 heteroatoms. The molecule has 13 heavy (non-hydrogen) atoms. The predicted molar refractivity (Wildman–Crippen MR) is 52.2 cm³/mol. The second-order valence-corrected chi connectivity index (χ2v) is 2.85. The van der Waals surface area contributed by atoms with Crippen molar-refractivity contribution in [3.8, 4) is 5.75 Å². The van der Waals surface area contributed by atoms with E-state index in [0.29, 0.717) is 0 Å². The average Bonchev–Trinajstić information content (AvgIpc) is 2.62. The summed E-state index contributed by atoms with van der Waals surface area (Å²) >= 11 is 0. The first-order valence-electron chi connectivity index (χ1n) is 4.41. The highest BCUT2D eigenvalue weighted by atomic mass is 16.5. The molecule has 0 aromatic heterocycles. The quantitative estimate of drug-likeness (QED) is 0.694. The number of hydrogen-bond donors (Lipinski definition) is 0. The van der Waals surface area contributed by atoms with E-state index in [9.17, 15) is 0 Å². The van der Waals surface area contributed by atoms with Crippen LogP contribution < -0.4 is 10.1 Å². The Morgan fingerprint density at radius 2 is 2.31 bits per heavy atom. The molecule has 0 amide bonds. The zero-order chi connectivity index (χ0) is 9.10. The minimum absolute atomic E-state index is 0.728. The lowest BCUT2D eigenvalue weighted by molar-refractivity contribution is 0.318. The Morgan fingerprint density at radius 1 is 1.38 bits per heavy atom. The van der Waals surface area contributed by atoms with Crippen LogP contribution in [-0.4, -0.2) is 12.9 Å². The highest BCUT2D eigenvalue weighted by Crippen LogP contribution is 2.36. The predicted octanol–water partition coefficient (Wildman–Crippen LogP) is 2.38. The summed E-state index contributed by atoms with van der Waals surface area (Å²) in [6, 6.07) is 5.79. The number of para-hydroxylation sites is 1. The molecule has 0 atom stereocenters. The van der Waals surface area contributed by atoms with E-state index in [-0.39, 0.29) is 0 Å². The topological polar surface area (TPSA) is 35.7 Å². The van der Waals surface area contributed by atoms with Crippen molar-refractivity contribution in [2.75, 3.05) is 6.61 Å². The molecule has 1 heterocycles. The second kappa shape index (κ2) is 3.47. The van der Waals surface area contributed by atoms with E-state index in [4.69, 9.17) is 4.74 Å². The Kier molecular flexibility index (Phi) is 2.17. The van der Waals surface area contributed by atoms with Gasteiger partial charge in [0.2, 0.25) is 0 Å². The van der Waals surface area contributed by atoms with Gasteiger partial charge in [-0.1, -0.05) is 13.0 Å². The standard InChI is InChI=1S/C10H11N2O/c1-2-6-13-9-5-3-4-8-10(9)12-7-11-8/h3-5,7H,2,6H2,1H3. The van der Waals surface area contributed by atoms with Crippen molar-refractivity contribution < 1.29 is 4.74 Å². The Labute approximate surface area is 77.4 Å². The Bertz CT molecular complexity index is 334. The highest BCUT2D eigenvalue weighted by molar-refractivity contribution is 5.85. The first-order valence-corrected chi connectivity index (χ1v) is 4.41. The molecule has 0 spiro atoms. The van der Waals surface area contributed by atoms with Gasteiger partial charge < -0.3 is 4.74 Å². The van der Waals surface area contributed by atoms with Gasteiger partial charge >= 0.3 is 0 Å². The van der Waals surface area contributed by atoms with Crippen molar-refractivity contribution in [3.05, 3.63) is 18.2 Å². The van der Waals surface area contributed by atoms with Gasteiger partial charge in [0.15, 0.2) is 0 Å². The maximum Gasteiger partial charge on any atom is 0.147 e. The molecule has 1 radical (unpaired) electrons. The number of hydrogen-bond acceptors (Lipinski definition) is 2. The summed E-state index contributed by atoms with van der Waals surface area (Å²) in [5.74, 6) is 0.830. The largest absolute Gasteiger partial charge is 0.491 e. The van der Waals surface area contributed by atoms with Gasteiger partial charge in [0, 0.05) is 0 Å². The molecule has 0 saturated heterocycles. The number of nitrogens with zero attached hydrogens (tertiary/aromatic N) is 2.